The van der Waals surface area contributed by atoms with Crippen LogP contribution in [0.15, 0.2) is 66.3 Å². The highest BCUT2D eigenvalue weighted by atomic mass is 32.1. The van der Waals surface area contributed by atoms with Crippen LogP contribution in [0.3, 0.4) is 0 Å². The molecule has 0 spiro atoms. The largest absolute Gasteiger partial charge is 0.506 e. The number of likely N-dealkylation sites (tertiary alicyclic amines) is 1. The summed E-state index contributed by atoms with van der Waals surface area (Å²) in [5.74, 6) is 0.322. The van der Waals surface area contributed by atoms with E-state index >= 15 is 0 Å². The van der Waals surface area contributed by atoms with Gasteiger partial charge in [0.05, 0.1) is 11.7 Å². The van der Waals surface area contributed by atoms with Crippen molar-refractivity contribution in [1.29, 1.82) is 0 Å². The summed E-state index contributed by atoms with van der Waals surface area (Å²) in [6, 6.07) is 14.6. The molecular weight excluding hydrogens is 570 g/mol. The molecule has 8 nitrogen and oxygen atoms in total. The number of aromatic hydroxyl groups is 1. The zero-order chi connectivity index (χ0) is 31.2. The van der Waals surface area contributed by atoms with Gasteiger partial charge in [-0.25, -0.2) is 4.98 Å². The summed E-state index contributed by atoms with van der Waals surface area (Å²) in [5.41, 5.74) is 5.85. The van der Waals surface area contributed by atoms with E-state index in [1.165, 1.54) is 5.56 Å². The molecule has 2 aromatic carbocycles. The number of hydrogen-bond donors (Lipinski definition) is 3. The molecule has 1 aliphatic rings. The van der Waals surface area contributed by atoms with Crippen LogP contribution in [0.25, 0.3) is 0 Å². The number of amides is 2. The minimum Gasteiger partial charge on any atom is -0.506 e. The fourth-order valence-electron chi connectivity index (χ4n) is 5.51. The summed E-state index contributed by atoms with van der Waals surface area (Å²) in [6.45, 7) is 9.47. The Labute approximate surface area is 263 Å². The van der Waals surface area contributed by atoms with Crippen molar-refractivity contribution in [3.05, 3.63) is 105 Å². The molecule has 1 aliphatic heterocycles. The Bertz CT molecular complexity index is 1620. The van der Waals surface area contributed by atoms with Gasteiger partial charge in [-0.05, 0) is 92.5 Å². The number of thiazole rings is 1. The highest BCUT2D eigenvalue weighted by Crippen LogP contribution is 2.35. The molecule has 2 amide bonds. The van der Waals surface area contributed by atoms with E-state index in [1.807, 2.05) is 48.7 Å². The maximum absolute atomic E-state index is 13.4. The molecular formula is C35H41N5O3S. The van der Waals surface area contributed by atoms with E-state index in [2.05, 4.69) is 40.5 Å². The SMILES string of the molecule is Cc1csc([C@H]2CCCN2C(=O)c2cccc(C(=O)N[C@@H](C)CCc3ccc(NCc4cncc(C(C)C)c4)c(O)c3)c2)n1. The highest BCUT2D eigenvalue weighted by molar-refractivity contribution is 7.09. The Morgan fingerprint density at radius 3 is 2.64 bits per heavy atom. The molecule has 0 radical (unpaired) electrons. The van der Waals surface area contributed by atoms with Gasteiger partial charge < -0.3 is 20.6 Å². The molecule has 1 fully saturated rings. The summed E-state index contributed by atoms with van der Waals surface area (Å²) in [5, 5.41) is 20.0. The number of aromatic nitrogens is 2. The van der Waals surface area contributed by atoms with Crippen LogP contribution in [-0.4, -0.2) is 44.4 Å². The highest BCUT2D eigenvalue weighted by Gasteiger charge is 2.32. The van der Waals surface area contributed by atoms with Gasteiger partial charge in [-0.3, -0.25) is 14.6 Å². The molecule has 9 heteroatoms. The first-order valence-electron chi connectivity index (χ1n) is 15.3. The number of nitrogens with zero attached hydrogens (tertiary/aromatic N) is 3. The van der Waals surface area contributed by atoms with Crippen molar-refractivity contribution in [1.82, 2.24) is 20.2 Å². The standard InChI is InChI=1S/C35H41N5O3S/c1-22(2)29-15-26(18-36-20-29)19-37-30-13-12-25(16-32(30)41)11-10-23(3)38-33(42)27-7-5-8-28(17-27)35(43)40-14-6-9-31(40)34-39-24(4)21-44-34/h5,7-8,12-13,15-18,20-23,31,37,41H,6,9-11,14,19H2,1-4H3,(H,38,42)/t23-,31+/m0/s1. The van der Waals surface area contributed by atoms with Gasteiger partial charge in [0.25, 0.3) is 11.8 Å². The third kappa shape index (κ3) is 7.63. The van der Waals surface area contributed by atoms with Crippen molar-refractivity contribution in [3.8, 4) is 5.75 Å². The van der Waals surface area contributed by atoms with Crippen LogP contribution in [0.1, 0.15) is 100 Å². The average molecular weight is 612 g/mol. The molecule has 0 bridgehead atoms. The molecule has 5 rings (SSSR count). The van der Waals surface area contributed by atoms with E-state index in [1.54, 1.807) is 41.7 Å². The first kappa shape index (κ1) is 31.2. The number of benzene rings is 2. The molecule has 2 atom stereocenters. The van der Waals surface area contributed by atoms with E-state index < -0.39 is 0 Å². The summed E-state index contributed by atoms with van der Waals surface area (Å²) in [4.78, 5) is 37.4. The second-order valence-electron chi connectivity index (χ2n) is 12.0. The predicted octanol–water partition coefficient (Wildman–Crippen LogP) is 7.02. The minimum atomic E-state index is -0.209. The van der Waals surface area contributed by atoms with Crippen molar-refractivity contribution in [2.45, 2.75) is 77.9 Å². The Hall–Kier alpha value is -4.24. The summed E-state index contributed by atoms with van der Waals surface area (Å²) in [6.07, 6.45) is 6.96. The van der Waals surface area contributed by atoms with Gasteiger partial charge in [0.15, 0.2) is 0 Å². The summed E-state index contributed by atoms with van der Waals surface area (Å²) >= 11 is 1.60. The molecule has 44 heavy (non-hydrogen) atoms. The number of carbonyl (C=O) groups excluding carboxylic acids is 2. The summed E-state index contributed by atoms with van der Waals surface area (Å²) < 4.78 is 0. The van der Waals surface area contributed by atoms with Gasteiger partial charge in [0, 0.05) is 53.7 Å². The Morgan fingerprint density at radius 2 is 1.89 bits per heavy atom. The quantitative estimate of drug-likeness (QED) is 0.157. The molecule has 230 valence electrons. The van der Waals surface area contributed by atoms with E-state index in [9.17, 15) is 14.7 Å². The van der Waals surface area contributed by atoms with Crippen LogP contribution >= 0.6 is 11.3 Å². The maximum Gasteiger partial charge on any atom is 0.254 e. The minimum absolute atomic E-state index is 0.0120. The molecule has 2 aromatic heterocycles. The number of aryl methyl sites for hydroxylation is 2. The third-order valence-corrected chi connectivity index (χ3v) is 9.14. The number of phenols is 1. The second kappa shape index (κ2) is 14.0. The van der Waals surface area contributed by atoms with Gasteiger partial charge in [-0.1, -0.05) is 32.0 Å². The smallest absolute Gasteiger partial charge is 0.254 e. The normalized spacial score (nSPS) is 15.4. The van der Waals surface area contributed by atoms with Crippen molar-refractivity contribution in [2.75, 3.05) is 11.9 Å². The number of rotatable bonds is 11. The van der Waals surface area contributed by atoms with Crippen LogP contribution < -0.4 is 10.6 Å². The zero-order valence-electron chi connectivity index (χ0n) is 25.8. The number of phenolic OH excluding ortho intramolecular Hbond substituents is 1. The lowest BCUT2D eigenvalue weighted by Gasteiger charge is -2.23. The van der Waals surface area contributed by atoms with Crippen LogP contribution in [-0.2, 0) is 13.0 Å². The maximum atomic E-state index is 13.4. The van der Waals surface area contributed by atoms with E-state index in [0.717, 1.165) is 34.7 Å². The number of anilines is 1. The molecule has 0 aliphatic carbocycles. The van der Waals surface area contributed by atoms with Crippen LogP contribution in [0.5, 0.6) is 5.75 Å². The van der Waals surface area contributed by atoms with E-state index in [0.29, 0.717) is 48.7 Å². The van der Waals surface area contributed by atoms with Crippen LogP contribution in [0.2, 0.25) is 0 Å². The van der Waals surface area contributed by atoms with Gasteiger partial charge in [0.2, 0.25) is 0 Å². The van der Waals surface area contributed by atoms with Gasteiger partial charge in [-0.15, -0.1) is 11.3 Å². The Balaban J connectivity index is 1.13. The zero-order valence-corrected chi connectivity index (χ0v) is 26.7. The fourth-order valence-corrected chi connectivity index (χ4v) is 6.46. The Morgan fingerprint density at radius 1 is 1.07 bits per heavy atom. The van der Waals surface area contributed by atoms with Crippen molar-refractivity contribution in [2.24, 2.45) is 0 Å². The van der Waals surface area contributed by atoms with Gasteiger partial charge in [-0.2, -0.15) is 0 Å². The predicted molar refractivity (Wildman–Crippen MR) is 175 cm³/mol. The number of pyridine rings is 1. The monoisotopic (exact) mass is 611 g/mol. The lowest BCUT2D eigenvalue weighted by Crippen LogP contribution is -2.33. The number of carbonyl (C=O) groups is 2. The molecule has 3 N–H and O–H groups in total. The van der Waals surface area contributed by atoms with Gasteiger partial charge in [0.1, 0.15) is 10.8 Å². The fraction of sp³-hybridized carbons (Fsp3) is 0.371. The van der Waals surface area contributed by atoms with Crippen LogP contribution in [0.4, 0.5) is 5.69 Å². The molecule has 3 heterocycles. The third-order valence-electron chi connectivity index (χ3n) is 8.08. The van der Waals surface area contributed by atoms with Crippen molar-refractivity contribution in [3.63, 3.8) is 0 Å². The van der Waals surface area contributed by atoms with E-state index in [4.69, 9.17) is 0 Å². The Kier molecular flexibility index (Phi) is 9.95. The van der Waals surface area contributed by atoms with Crippen LogP contribution in [0, 0.1) is 6.92 Å². The summed E-state index contributed by atoms with van der Waals surface area (Å²) in [7, 11) is 0. The first-order chi connectivity index (χ1) is 21.2. The first-order valence-corrected chi connectivity index (χ1v) is 16.2. The molecule has 0 unspecified atom stereocenters. The lowest BCUT2D eigenvalue weighted by atomic mass is 10.0. The topological polar surface area (TPSA) is 107 Å². The molecule has 4 aromatic rings. The number of hydrogen-bond acceptors (Lipinski definition) is 7. The van der Waals surface area contributed by atoms with Gasteiger partial charge >= 0.3 is 0 Å². The van der Waals surface area contributed by atoms with Crippen molar-refractivity contribution < 1.29 is 14.7 Å². The molecule has 1 saturated heterocycles. The molecule has 0 saturated carbocycles. The van der Waals surface area contributed by atoms with Crippen molar-refractivity contribution >= 4 is 28.8 Å². The average Bonchev–Trinajstić information content (AvgIpc) is 3.68. The number of nitrogens with one attached hydrogen (secondary N) is 2. The lowest BCUT2D eigenvalue weighted by molar-refractivity contribution is 0.0735. The second-order valence-corrected chi connectivity index (χ2v) is 12.9. The van der Waals surface area contributed by atoms with E-state index in [-0.39, 0.29) is 29.6 Å².